The highest BCUT2D eigenvalue weighted by Gasteiger charge is 2.12. The maximum Gasteiger partial charge on any atom is 0.255 e. The van der Waals surface area contributed by atoms with Crippen LogP contribution in [0.5, 0.6) is 0 Å². The Labute approximate surface area is 152 Å². The van der Waals surface area contributed by atoms with Gasteiger partial charge in [0.2, 0.25) is 0 Å². The number of hydrogen-bond donors (Lipinski definition) is 2. The first-order chi connectivity index (χ1) is 12.7. The molecule has 0 saturated carbocycles. The molecular weight excluding hydrogens is 320 g/mol. The zero-order valence-corrected chi connectivity index (χ0v) is 14.1. The van der Waals surface area contributed by atoms with E-state index in [2.05, 4.69) is 5.32 Å². The van der Waals surface area contributed by atoms with E-state index in [-0.39, 0.29) is 5.91 Å². The molecule has 0 heterocycles. The molecule has 3 heteroatoms. The Morgan fingerprint density at radius 3 is 2.15 bits per heavy atom. The van der Waals surface area contributed by atoms with Gasteiger partial charge in [-0.1, -0.05) is 66.7 Å². The summed E-state index contributed by atoms with van der Waals surface area (Å²) >= 11 is 0. The fraction of sp³-hybridized carbons (Fsp3) is 0. The van der Waals surface area contributed by atoms with Crippen molar-refractivity contribution in [3.05, 3.63) is 96.6 Å². The lowest BCUT2D eigenvalue weighted by Gasteiger charge is -2.13. The van der Waals surface area contributed by atoms with Gasteiger partial charge in [-0.05, 0) is 35.0 Å². The van der Waals surface area contributed by atoms with Gasteiger partial charge in [-0.15, -0.1) is 0 Å². The van der Waals surface area contributed by atoms with E-state index >= 15 is 0 Å². The molecule has 126 valence electrons. The molecule has 0 aliphatic rings. The molecule has 0 aliphatic heterocycles. The summed E-state index contributed by atoms with van der Waals surface area (Å²) in [6.45, 7) is 0. The molecule has 0 radical (unpaired) electrons. The number of hydrogen-bond acceptors (Lipinski definition) is 2. The number of nitrogen functional groups attached to an aromatic ring is 1. The van der Waals surface area contributed by atoms with Crippen LogP contribution in [0, 0.1) is 0 Å². The molecule has 3 N–H and O–H groups in total. The first-order valence-corrected chi connectivity index (χ1v) is 8.46. The minimum Gasteiger partial charge on any atom is -0.398 e. The second kappa shape index (κ2) is 6.73. The van der Waals surface area contributed by atoms with E-state index in [9.17, 15) is 4.79 Å². The second-order valence-electron chi connectivity index (χ2n) is 6.15. The van der Waals surface area contributed by atoms with Crippen LogP contribution in [0.25, 0.3) is 21.9 Å². The van der Waals surface area contributed by atoms with E-state index < -0.39 is 0 Å². The number of anilines is 2. The van der Waals surface area contributed by atoms with Gasteiger partial charge in [0, 0.05) is 28.1 Å². The molecule has 4 aromatic rings. The summed E-state index contributed by atoms with van der Waals surface area (Å²) in [6.07, 6.45) is 0. The quantitative estimate of drug-likeness (QED) is 0.495. The SMILES string of the molecule is Nc1ccccc1-c1ccccc1NC(=O)c1ccc2ccccc2c1. The van der Waals surface area contributed by atoms with Crippen molar-refractivity contribution in [1.82, 2.24) is 0 Å². The van der Waals surface area contributed by atoms with Crippen molar-refractivity contribution in [1.29, 1.82) is 0 Å². The number of nitrogens with two attached hydrogens (primary N) is 1. The number of carbonyl (C=O) groups excluding carboxylic acids is 1. The summed E-state index contributed by atoms with van der Waals surface area (Å²) in [4.78, 5) is 12.8. The molecule has 0 unspecified atom stereocenters. The monoisotopic (exact) mass is 338 g/mol. The number of para-hydroxylation sites is 2. The Kier molecular flexibility index (Phi) is 4.12. The largest absolute Gasteiger partial charge is 0.398 e. The molecule has 0 bridgehead atoms. The molecule has 0 aromatic heterocycles. The average Bonchev–Trinajstić information content (AvgIpc) is 2.68. The fourth-order valence-corrected chi connectivity index (χ4v) is 3.09. The number of fused-ring (bicyclic) bond motifs is 1. The van der Waals surface area contributed by atoms with Crippen LogP contribution in [0.2, 0.25) is 0 Å². The van der Waals surface area contributed by atoms with Gasteiger partial charge in [-0.2, -0.15) is 0 Å². The summed E-state index contributed by atoms with van der Waals surface area (Å²) in [5, 5.41) is 5.18. The zero-order valence-electron chi connectivity index (χ0n) is 14.1. The lowest BCUT2D eigenvalue weighted by Crippen LogP contribution is -2.12. The van der Waals surface area contributed by atoms with Gasteiger partial charge in [-0.3, -0.25) is 4.79 Å². The Bertz CT molecular complexity index is 1100. The molecule has 4 aromatic carbocycles. The second-order valence-corrected chi connectivity index (χ2v) is 6.15. The first-order valence-electron chi connectivity index (χ1n) is 8.46. The van der Waals surface area contributed by atoms with Crippen molar-refractivity contribution in [3.63, 3.8) is 0 Å². The van der Waals surface area contributed by atoms with Crippen LogP contribution in [-0.2, 0) is 0 Å². The van der Waals surface area contributed by atoms with Crippen molar-refractivity contribution in [2.45, 2.75) is 0 Å². The Morgan fingerprint density at radius 1 is 0.692 bits per heavy atom. The van der Waals surface area contributed by atoms with Crippen LogP contribution in [0.15, 0.2) is 91.0 Å². The highest BCUT2D eigenvalue weighted by Crippen LogP contribution is 2.32. The number of amides is 1. The normalized spacial score (nSPS) is 10.6. The third-order valence-corrected chi connectivity index (χ3v) is 4.44. The summed E-state index contributed by atoms with van der Waals surface area (Å²) < 4.78 is 0. The number of nitrogens with one attached hydrogen (secondary N) is 1. The predicted molar refractivity (Wildman–Crippen MR) is 108 cm³/mol. The van der Waals surface area contributed by atoms with E-state index in [1.54, 1.807) is 0 Å². The highest BCUT2D eigenvalue weighted by molar-refractivity contribution is 6.08. The van der Waals surface area contributed by atoms with Crippen molar-refractivity contribution in [3.8, 4) is 11.1 Å². The van der Waals surface area contributed by atoms with E-state index in [4.69, 9.17) is 5.73 Å². The minimum atomic E-state index is -0.141. The lowest BCUT2D eigenvalue weighted by atomic mass is 10.0. The fourth-order valence-electron chi connectivity index (χ4n) is 3.09. The van der Waals surface area contributed by atoms with Gasteiger partial charge in [0.25, 0.3) is 5.91 Å². The summed E-state index contributed by atoms with van der Waals surface area (Å²) in [7, 11) is 0. The predicted octanol–water partition coefficient (Wildman–Crippen LogP) is 5.34. The van der Waals surface area contributed by atoms with Crippen LogP contribution in [0.1, 0.15) is 10.4 Å². The Hall–Kier alpha value is -3.59. The van der Waals surface area contributed by atoms with Crippen LogP contribution < -0.4 is 11.1 Å². The number of rotatable bonds is 3. The molecule has 0 aliphatic carbocycles. The molecule has 0 atom stereocenters. The van der Waals surface area contributed by atoms with Crippen molar-refractivity contribution in [2.75, 3.05) is 11.1 Å². The number of benzene rings is 4. The topological polar surface area (TPSA) is 55.1 Å². The average molecular weight is 338 g/mol. The molecule has 4 rings (SSSR count). The van der Waals surface area contributed by atoms with Crippen LogP contribution in [0.3, 0.4) is 0 Å². The van der Waals surface area contributed by atoms with E-state index in [0.29, 0.717) is 11.3 Å². The zero-order chi connectivity index (χ0) is 17.9. The molecule has 26 heavy (non-hydrogen) atoms. The maximum absolute atomic E-state index is 12.8. The third-order valence-electron chi connectivity index (χ3n) is 4.44. The van der Waals surface area contributed by atoms with Gasteiger partial charge in [0.05, 0.1) is 0 Å². The van der Waals surface area contributed by atoms with Gasteiger partial charge in [-0.25, -0.2) is 0 Å². The third kappa shape index (κ3) is 3.03. The lowest BCUT2D eigenvalue weighted by molar-refractivity contribution is 0.102. The van der Waals surface area contributed by atoms with Crippen LogP contribution >= 0.6 is 0 Å². The van der Waals surface area contributed by atoms with Gasteiger partial charge in [0.15, 0.2) is 0 Å². The van der Waals surface area contributed by atoms with Crippen molar-refractivity contribution < 1.29 is 4.79 Å². The molecule has 0 spiro atoms. The molecule has 0 saturated heterocycles. The van der Waals surface area contributed by atoms with E-state index in [1.165, 1.54) is 0 Å². The molecule has 3 nitrogen and oxygen atoms in total. The van der Waals surface area contributed by atoms with Gasteiger partial charge >= 0.3 is 0 Å². The number of carbonyl (C=O) groups is 1. The smallest absolute Gasteiger partial charge is 0.255 e. The first kappa shape index (κ1) is 15.9. The Morgan fingerprint density at radius 2 is 1.35 bits per heavy atom. The van der Waals surface area contributed by atoms with E-state index in [1.807, 2.05) is 91.0 Å². The summed E-state index contributed by atoms with van der Waals surface area (Å²) in [5.74, 6) is -0.141. The summed E-state index contributed by atoms with van der Waals surface area (Å²) in [5.41, 5.74) is 9.96. The molecular formula is C23H18N2O. The van der Waals surface area contributed by atoms with Crippen LogP contribution in [0.4, 0.5) is 11.4 Å². The Balaban J connectivity index is 1.69. The van der Waals surface area contributed by atoms with Crippen molar-refractivity contribution >= 4 is 28.1 Å². The highest BCUT2D eigenvalue weighted by atomic mass is 16.1. The van der Waals surface area contributed by atoms with E-state index in [0.717, 1.165) is 27.6 Å². The van der Waals surface area contributed by atoms with Crippen molar-refractivity contribution in [2.24, 2.45) is 0 Å². The maximum atomic E-state index is 12.8. The summed E-state index contributed by atoms with van der Waals surface area (Å²) in [6, 6.07) is 29.0. The van der Waals surface area contributed by atoms with Gasteiger partial charge < -0.3 is 11.1 Å². The molecule has 1 amide bonds. The molecule has 0 fully saturated rings. The standard InChI is InChI=1S/C23H18N2O/c24-21-11-5-3-9-19(21)20-10-4-6-12-22(20)25-23(26)18-14-13-16-7-1-2-8-17(16)15-18/h1-15H,24H2,(H,25,26). The van der Waals surface area contributed by atoms with Crippen LogP contribution in [-0.4, -0.2) is 5.91 Å². The minimum absolute atomic E-state index is 0.141. The van der Waals surface area contributed by atoms with Gasteiger partial charge in [0.1, 0.15) is 0 Å².